The summed E-state index contributed by atoms with van der Waals surface area (Å²) in [6.07, 6.45) is 5.03. The number of benzene rings is 1. The molecule has 13 heavy (non-hydrogen) atoms. The van der Waals surface area contributed by atoms with Crippen LogP contribution < -0.4 is 0 Å². The molecule has 0 saturated heterocycles. The molecule has 0 amide bonds. The summed E-state index contributed by atoms with van der Waals surface area (Å²) < 4.78 is 13.5. The first-order valence-electron chi connectivity index (χ1n) is 4.67. The van der Waals surface area contributed by atoms with Gasteiger partial charge in [0, 0.05) is 0 Å². The number of allylic oxidation sites excluding steroid dienone is 1. The normalized spacial score (nSPS) is 13.8. The Morgan fingerprint density at radius 3 is 2.77 bits per heavy atom. The van der Waals surface area contributed by atoms with Crippen LogP contribution in [0.3, 0.4) is 0 Å². The van der Waals surface area contributed by atoms with Crippen molar-refractivity contribution in [2.45, 2.75) is 26.2 Å². The highest BCUT2D eigenvalue weighted by atomic mass is 19.1. The Hall–Kier alpha value is -1.11. The fourth-order valence-corrected chi connectivity index (χ4v) is 1.74. The van der Waals surface area contributed by atoms with Gasteiger partial charge in [0.25, 0.3) is 0 Å². The van der Waals surface area contributed by atoms with Gasteiger partial charge < -0.3 is 0 Å². The molecule has 0 atom stereocenters. The number of rotatable bonds is 1. The van der Waals surface area contributed by atoms with Gasteiger partial charge >= 0.3 is 0 Å². The first kappa shape index (κ1) is 8.49. The van der Waals surface area contributed by atoms with Crippen molar-refractivity contribution in [2.75, 3.05) is 0 Å². The Kier molecular flexibility index (Phi) is 1.95. The molecule has 0 unspecified atom stereocenters. The van der Waals surface area contributed by atoms with Crippen LogP contribution in [0, 0.1) is 5.82 Å². The van der Waals surface area contributed by atoms with Gasteiger partial charge in [-0.15, -0.1) is 0 Å². The van der Waals surface area contributed by atoms with Crippen molar-refractivity contribution in [1.82, 2.24) is 0 Å². The summed E-state index contributed by atoms with van der Waals surface area (Å²) in [6.45, 7) is 4.03. The lowest BCUT2D eigenvalue weighted by Crippen LogP contribution is -1.95. The highest BCUT2D eigenvalue weighted by molar-refractivity contribution is 5.61. The van der Waals surface area contributed by atoms with Crippen LogP contribution in [0.5, 0.6) is 0 Å². The van der Waals surface area contributed by atoms with Gasteiger partial charge in [0.15, 0.2) is 0 Å². The molecule has 0 aromatic heterocycles. The SMILES string of the molecule is CC(C)c1cc2c(cc1F)CC=C2. The molecule has 1 heteroatoms. The molecule has 0 bridgehead atoms. The fraction of sp³-hybridized carbons (Fsp3) is 0.333. The van der Waals surface area contributed by atoms with Crippen LogP contribution in [0.4, 0.5) is 4.39 Å². The van der Waals surface area contributed by atoms with Gasteiger partial charge in [0.05, 0.1) is 0 Å². The molecule has 2 rings (SSSR count). The molecule has 1 aromatic carbocycles. The Morgan fingerprint density at radius 2 is 2.08 bits per heavy atom. The van der Waals surface area contributed by atoms with E-state index in [4.69, 9.17) is 0 Å². The Labute approximate surface area is 78.1 Å². The van der Waals surface area contributed by atoms with E-state index >= 15 is 0 Å². The van der Waals surface area contributed by atoms with Gasteiger partial charge in [0.2, 0.25) is 0 Å². The molecular weight excluding hydrogens is 163 g/mol. The summed E-state index contributed by atoms with van der Waals surface area (Å²) in [6, 6.07) is 3.64. The highest BCUT2D eigenvalue weighted by Gasteiger charge is 2.12. The van der Waals surface area contributed by atoms with Crippen molar-refractivity contribution in [1.29, 1.82) is 0 Å². The summed E-state index contributed by atoms with van der Waals surface area (Å²) in [5.74, 6) is 0.205. The maximum Gasteiger partial charge on any atom is 0.126 e. The minimum absolute atomic E-state index is 0.0579. The average molecular weight is 176 g/mol. The Morgan fingerprint density at radius 1 is 1.31 bits per heavy atom. The predicted molar refractivity (Wildman–Crippen MR) is 53.2 cm³/mol. The van der Waals surface area contributed by atoms with Gasteiger partial charge in [-0.1, -0.05) is 26.0 Å². The second-order valence-corrected chi connectivity index (χ2v) is 3.83. The van der Waals surface area contributed by atoms with Crippen LogP contribution in [-0.2, 0) is 6.42 Å². The highest BCUT2D eigenvalue weighted by Crippen LogP contribution is 2.26. The average Bonchev–Trinajstić information content (AvgIpc) is 2.48. The molecule has 0 N–H and O–H groups in total. The third kappa shape index (κ3) is 1.39. The largest absolute Gasteiger partial charge is 0.207 e. The van der Waals surface area contributed by atoms with E-state index < -0.39 is 0 Å². The van der Waals surface area contributed by atoms with E-state index in [1.807, 2.05) is 19.9 Å². The van der Waals surface area contributed by atoms with Gasteiger partial charge in [-0.05, 0) is 41.2 Å². The van der Waals surface area contributed by atoms with E-state index in [9.17, 15) is 4.39 Å². The van der Waals surface area contributed by atoms with Crippen molar-refractivity contribution in [3.8, 4) is 0 Å². The minimum Gasteiger partial charge on any atom is -0.207 e. The standard InChI is InChI=1S/C12H13F/c1-8(2)11-6-9-4-3-5-10(9)7-12(11)13/h3-4,6-8H,5H2,1-2H3. The monoisotopic (exact) mass is 176 g/mol. The second-order valence-electron chi connectivity index (χ2n) is 3.83. The van der Waals surface area contributed by atoms with E-state index in [1.165, 1.54) is 5.56 Å². The van der Waals surface area contributed by atoms with E-state index in [2.05, 4.69) is 12.2 Å². The third-order valence-corrected chi connectivity index (χ3v) is 2.52. The molecule has 1 aliphatic rings. The molecule has 68 valence electrons. The zero-order valence-electron chi connectivity index (χ0n) is 7.97. The lowest BCUT2D eigenvalue weighted by atomic mass is 9.98. The van der Waals surface area contributed by atoms with Crippen molar-refractivity contribution in [3.05, 3.63) is 40.7 Å². The smallest absolute Gasteiger partial charge is 0.126 e. The molecular formula is C12H13F. The van der Waals surface area contributed by atoms with Crippen LogP contribution in [0.25, 0.3) is 6.08 Å². The van der Waals surface area contributed by atoms with Gasteiger partial charge in [-0.2, -0.15) is 0 Å². The minimum atomic E-state index is -0.0579. The summed E-state index contributed by atoms with van der Waals surface area (Å²) in [7, 11) is 0. The zero-order chi connectivity index (χ0) is 9.42. The quantitative estimate of drug-likeness (QED) is 0.614. The van der Waals surface area contributed by atoms with Crippen LogP contribution >= 0.6 is 0 Å². The summed E-state index contributed by atoms with van der Waals surface area (Å²) in [5.41, 5.74) is 3.12. The van der Waals surface area contributed by atoms with E-state index in [-0.39, 0.29) is 11.7 Å². The molecule has 0 fully saturated rings. The Bertz CT molecular complexity index is 362. The molecule has 1 aliphatic carbocycles. The maximum absolute atomic E-state index is 13.5. The molecule has 0 nitrogen and oxygen atoms in total. The summed E-state index contributed by atoms with van der Waals surface area (Å²) in [4.78, 5) is 0. The van der Waals surface area contributed by atoms with Crippen molar-refractivity contribution < 1.29 is 4.39 Å². The number of hydrogen-bond acceptors (Lipinski definition) is 0. The van der Waals surface area contributed by atoms with E-state index in [0.717, 1.165) is 17.5 Å². The first-order chi connectivity index (χ1) is 6.18. The topological polar surface area (TPSA) is 0 Å². The second kappa shape index (κ2) is 2.99. The molecule has 0 radical (unpaired) electrons. The number of halogens is 1. The number of hydrogen-bond donors (Lipinski definition) is 0. The molecule has 0 heterocycles. The maximum atomic E-state index is 13.5. The lowest BCUT2D eigenvalue weighted by molar-refractivity contribution is 0.596. The van der Waals surface area contributed by atoms with Crippen molar-refractivity contribution in [2.24, 2.45) is 0 Å². The molecule has 1 aromatic rings. The molecule has 0 saturated carbocycles. The third-order valence-electron chi connectivity index (χ3n) is 2.52. The van der Waals surface area contributed by atoms with Crippen LogP contribution in [0.2, 0.25) is 0 Å². The van der Waals surface area contributed by atoms with Gasteiger partial charge in [-0.3, -0.25) is 0 Å². The fourth-order valence-electron chi connectivity index (χ4n) is 1.74. The van der Waals surface area contributed by atoms with Crippen molar-refractivity contribution in [3.63, 3.8) is 0 Å². The van der Waals surface area contributed by atoms with Crippen LogP contribution in [0.15, 0.2) is 18.2 Å². The van der Waals surface area contributed by atoms with Crippen LogP contribution in [0.1, 0.15) is 36.5 Å². The molecule has 0 aliphatic heterocycles. The Balaban J connectivity index is 2.54. The summed E-state index contributed by atoms with van der Waals surface area (Å²) in [5, 5.41) is 0. The summed E-state index contributed by atoms with van der Waals surface area (Å²) >= 11 is 0. The van der Waals surface area contributed by atoms with Gasteiger partial charge in [-0.25, -0.2) is 4.39 Å². The zero-order valence-corrected chi connectivity index (χ0v) is 7.97. The molecule has 0 spiro atoms. The van der Waals surface area contributed by atoms with Crippen molar-refractivity contribution >= 4 is 6.08 Å². The lowest BCUT2D eigenvalue weighted by Gasteiger charge is -2.09. The number of fused-ring (bicyclic) bond motifs is 1. The predicted octanol–water partition coefficient (Wildman–Crippen LogP) is 3.52. The van der Waals surface area contributed by atoms with E-state index in [0.29, 0.717) is 0 Å². The first-order valence-corrected chi connectivity index (χ1v) is 4.67. The van der Waals surface area contributed by atoms with Crippen LogP contribution in [-0.4, -0.2) is 0 Å². The van der Waals surface area contributed by atoms with Gasteiger partial charge in [0.1, 0.15) is 5.82 Å². The van der Waals surface area contributed by atoms with E-state index in [1.54, 1.807) is 6.07 Å².